The molecule has 0 aliphatic rings. The van der Waals surface area contributed by atoms with E-state index in [4.69, 9.17) is 15.2 Å². The van der Waals surface area contributed by atoms with Crippen LogP contribution in [-0.2, 0) is 0 Å². The fourth-order valence-electron chi connectivity index (χ4n) is 2.05. The van der Waals surface area contributed by atoms with Crippen LogP contribution in [0.5, 0.6) is 17.4 Å². The predicted molar refractivity (Wildman–Crippen MR) is 79.2 cm³/mol. The summed E-state index contributed by atoms with van der Waals surface area (Å²) >= 11 is 0. The van der Waals surface area contributed by atoms with Crippen LogP contribution in [0.1, 0.15) is 0 Å². The Hall–Kier alpha value is -2.82. The lowest BCUT2D eigenvalue weighted by atomic mass is 10.1. The molecule has 3 rings (SSSR count). The third-order valence-electron chi connectivity index (χ3n) is 3.12. The van der Waals surface area contributed by atoms with Crippen molar-refractivity contribution in [1.29, 1.82) is 0 Å². The van der Waals surface area contributed by atoms with E-state index in [9.17, 15) is 4.39 Å². The summed E-state index contributed by atoms with van der Waals surface area (Å²) in [6.07, 6.45) is 1.64. The number of ether oxygens (including phenoxy) is 2. The first-order chi connectivity index (χ1) is 10.2. The Morgan fingerprint density at radius 3 is 2.71 bits per heavy atom. The van der Waals surface area contributed by atoms with E-state index >= 15 is 0 Å². The summed E-state index contributed by atoms with van der Waals surface area (Å²) in [6.45, 7) is 0. The molecular weight excluding hydrogens is 271 g/mol. The molecule has 1 aromatic heterocycles. The van der Waals surface area contributed by atoms with Gasteiger partial charge in [-0.25, -0.2) is 9.37 Å². The third kappa shape index (κ3) is 2.58. The minimum atomic E-state index is -0.410. The number of fused-ring (bicyclic) bond motifs is 1. The Kier molecular flexibility index (Phi) is 3.31. The third-order valence-corrected chi connectivity index (χ3v) is 3.12. The van der Waals surface area contributed by atoms with E-state index in [1.807, 2.05) is 24.3 Å². The number of benzene rings is 2. The number of rotatable bonds is 3. The van der Waals surface area contributed by atoms with Crippen molar-refractivity contribution in [3.63, 3.8) is 0 Å². The number of halogens is 1. The van der Waals surface area contributed by atoms with Crippen LogP contribution in [0.4, 0.5) is 10.1 Å². The van der Waals surface area contributed by atoms with Gasteiger partial charge in [-0.15, -0.1) is 0 Å². The van der Waals surface area contributed by atoms with Crippen molar-refractivity contribution in [3.05, 3.63) is 54.5 Å². The van der Waals surface area contributed by atoms with Crippen LogP contribution in [0.15, 0.2) is 48.7 Å². The minimum absolute atomic E-state index is 0.219. The van der Waals surface area contributed by atoms with E-state index in [2.05, 4.69) is 4.98 Å². The molecule has 0 fully saturated rings. The number of methoxy groups -OCH3 is 1. The van der Waals surface area contributed by atoms with Crippen LogP contribution in [0.25, 0.3) is 10.8 Å². The van der Waals surface area contributed by atoms with Gasteiger partial charge in [0.1, 0.15) is 11.6 Å². The first-order valence-electron chi connectivity index (χ1n) is 6.33. The molecule has 2 aromatic carbocycles. The normalized spacial score (nSPS) is 10.6. The summed E-state index contributed by atoms with van der Waals surface area (Å²) in [6, 6.07) is 11.5. The lowest BCUT2D eigenvalue weighted by Crippen LogP contribution is -1.95. The van der Waals surface area contributed by atoms with Gasteiger partial charge in [-0.3, -0.25) is 0 Å². The lowest BCUT2D eigenvalue weighted by molar-refractivity contribution is 0.415. The van der Waals surface area contributed by atoms with Crippen molar-refractivity contribution in [2.75, 3.05) is 12.8 Å². The highest BCUT2D eigenvalue weighted by atomic mass is 19.1. The van der Waals surface area contributed by atoms with Crippen LogP contribution < -0.4 is 15.2 Å². The number of nitrogens with two attached hydrogens (primary N) is 1. The van der Waals surface area contributed by atoms with Gasteiger partial charge in [0, 0.05) is 17.6 Å². The van der Waals surface area contributed by atoms with Gasteiger partial charge in [-0.05, 0) is 35.7 Å². The van der Waals surface area contributed by atoms with Gasteiger partial charge in [-0.2, -0.15) is 0 Å². The fraction of sp³-hybridized carbons (Fsp3) is 0.0625. The van der Waals surface area contributed by atoms with Crippen LogP contribution in [0, 0.1) is 5.82 Å². The highest BCUT2D eigenvalue weighted by molar-refractivity contribution is 5.88. The van der Waals surface area contributed by atoms with E-state index in [1.165, 1.54) is 18.2 Å². The molecular formula is C16H13FN2O2. The molecule has 0 amide bonds. The summed E-state index contributed by atoms with van der Waals surface area (Å²) in [5.41, 5.74) is 5.97. The second-order valence-electron chi connectivity index (χ2n) is 4.49. The highest BCUT2D eigenvalue weighted by Crippen LogP contribution is 2.32. The lowest BCUT2D eigenvalue weighted by Gasteiger charge is -2.10. The monoisotopic (exact) mass is 284 g/mol. The number of pyridine rings is 1. The zero-order valence-corrected chi connectivity index (χ0v) is 11.3. The summed E-state index contributed by atoms with van der Waals surface area (Å²) < 4.78 is 24.0. The second-order valence-corrected chi connectivity index (χ2v) is 4.49. The molecule has 0 radical (unpaired) electrons. The van der Waals surface area contributed by atoms with Gasteiger partial charge >= 0.3 is 0 Å². The number of anilines is 1. The zero-order valence-electron chi connectivity index (χ0n) is 11.3. The van der Waals surface area contributed by atoms with Gasteiger partial charge < -0.3 is 15.2 Å². The van der Waals surface area contributed by atoms with Gasteiger partial charge in [0.05, 0.1) is 12.8 Å². The van der Waals surface area contributed by atoms with Crippen LogP contribution in [0.2, 0.25) is 0 Å². The number of aromatic nitrogens is 1. The molecule has 0 unspecified atom stereocenters. The van der Waals surface area contributed by atoms with Crippen molar-refractivity contribution in [3.8, 4) is 17.4 Å². The molecule has 0 aliphatic heterocycles. The SMILES string of the molecule is COc1ccc2ccnc(Oc3ccc(F)cc3N)c2c1. The standard InChI is InChI=1S/C16H13FN2O2/c1-20-12-4-2-10-6-7-19-16(13(10)9-12)21-15-5-3-11(17)8-14(15)18/h2-9H,18H2,1H3. The van der Waals surface area contributed by atoms with E-state index < -0.39 is 5.82 Å². The Morgan fingerprint density at radius 2 is 1.95 bits per heavy atom. The molecule has 0 saturated heterocycles. The number of hydrogen-bond donors (Lipinski definition) is 1. The Bertz CT molecular complexity index is 805. The van der Waals surface area contributed by atoms with Gasteiger partial charge in [-0.1, -0.05) is 6.07 Å². The predicted octanol–water partition coefficient (Wildman–Crippen LogP) is 3.76. The largest absolute Gasteiger partial charge is 0.497 e. The van der Waals surface area contributed by atoms with Crippen molar-refractivity contribution >= 4 is 16.5 Å². The maximum Gasteiger partial charge on any atom is 0.227 e. The Morgan fingerprint density at radius 1 is 1.10 bits per heavy atom. The second kappa shape index (κ2) is 5.28. The van der Waals surface area contributed by atoms with E-state index in [0.29, 0.717) is 17.4 Å². The van der Waals surface area contributed by atoms with Crippen LogP contribution in [-0.4, -0.2) is 12.1 Å². The van der Waals surface area contributed by atoms with Crippen LogP contribution in [0.3, 0.4) is 0 Å². The van der Waals surface area contributed by atoms with Gasteiger partial charge in [0.25, 0.3) is 0 Å². The smallest absolute Gasteiger partial charge is 0.227 e. The number of nitrogens with zero attached hydrogens (tertiary/aromatic N) is 1. The van der Waals surface area contributed by atoms with Crippen molar-refractivity contribution in [1.82, 2.24) is 4.98 Å². The molecule has 4 nitrogen and oxygen atoms in total. The molecule has 106 valence electrons. The van der Waals surface area contributed by atoms with E-state index in [0.717, 1.165) is 10.8 Å². The highest BCUT2D eigenvalue weighted by Gasteiger charge is 2.09. The molecule has 0 spiro atoms. The van der Waals surface area contributed by atoms with E-state index in [-0.39, 0.29) is 5.69 Å². The quantitative estimate of drug-likeness (QED) is 0.744. The topological polar surface area (TPSA) is 57.4 Å². The average molecular weight is 284 g/mol. The van der Waals surface area contributed by atoms with Gasteiger partial charge in [0.2, 0.25) is 5.88 Å². The first kappa shape index (κ1) is 13.2. The molecule has 5 heteroatoms. The molecule has 3 aromatic rings. The Balaban J connectivity index is 2.07. The number of hydrogen-bond acceptors (Lipinski definition) is 4. The fourth-order valence-corrected chi connectivity index (χ4v) is 2.05. The maximum atomic E-state index is 13.1. The van der Waals surface area contributed by atoms with E-state index in [1.54, 1.807) is 13.3 Å². The average Bonchev–Trinajstić information content (AvgIpc) is 2.50. The molecule has 2 N–H and O–H groups in total. The number of nitrogen functional groups attached to an aromatic ring is 1. The first-order valence-corrected chi connectivity index (χ1v) is 6.33. The molecule has 0 atom stereocenters. The minimum Gasteiger partial charge on any atom is -0.497 e. The Labute approximate surface area is 120 Å². The maximum absolute atomic E-state index is 13.1. The van der Waals surface area contributed by atoms with Crippen molar-refractivity contribution in [2.24, 2.45) is 0 Å². The summed E-state index contributed by atoms with van der Waals surface area (Å²) in [5, 5.41) is 1.75. The molecule has 0 bridgehead atoms. The van der Waals surface area contributed by atoms with Crippen molar-refractivity contribution < 1.29 is 13.9 Å². The van der Waals surface area contributed by atoms with Crippen LogP contribution >= 0.6 is 0 Å². The van der Waals surface area contributed by atoms with Crippen molar-refractivity contribution in [2.45, 2.75) is 0 Å². The molecule has 1 heterocycles. The van der Waals surface area contributed by atoms with Gasteiger partial charge in [0.15, 0.2) is 5.75 Å². The summed E-state index contributed by atoms with van der Waals surface area (Å²) in [5.74, 6) is 1.05. The molecule has 21 heavy (non-hydrogen) atoms. The molecule has 0 aliphatic carbocycles. The summed E-state index contributed by atoms with van der Waals surface area (Å²) in [4.78, 5) is 4.21. The molecule has 0 saturated carbocycles. The summed E-state index contributed by atoms with van der Waals surface area (Å²) in [7, 11) is 1.59. The zero-order chi connectivity index (χ0) is 14.8.